The van der Waals surface area contributed by atoms with Gasteiger partial charge in [0.05, 0.1) is 10.6 Å². The number of hydrogen-bond acceptors (Lipinski definition) is 5. The first-order valence-corrected chi connectivity index (χ1v) is 9.07. The summed E-state index contributed by atoms with van der Waals surface area (Å²) in [5.41, 5.74) is 1.19. The minimum Gasteiger partial charge on any atom is -0.309 e. The van der Waals surface area contributed by atoms with Gasteiger partial charge in [-0.3, -0.25) is 0 Å². The minimum atomic E-state index is 0.401. The van der Waals surface area contributed by atoms with Crippen LogP contribution in [0.15, 0.2) is 17.5 Å². The molecule has 2 aromatic rings. The van der Waals surface area contributed by atoms with E-state index in [2.05, 4.69) is 46.3 Å². The first-order chi connectivity index (χ1) is 9.85. The Morgan fingerprint density at radius 1 is 1.25 bits per heavy atom. The van der Waals surface area contributed by atoms with E-state index in [4.69, 9.17) is 0 Å². The quantitative estimate of drug-likeness (QED) is 0.753. The molecule has 0 saturated heterocycles. The normalized spacial score (nSPS) is 12.7. The maximum absolute atomic E-state index is 4.31. The topological polar surface area (TPSA) is 37.8 Å². The van der Waals surface area contributed by atoms with Crippen molar-refractivity contribution in [3.63, 3.8) is 0 Å². The molecule has 1 unspecified atom stereocenters. The van der Waals surface area contributed by atoms with Gasteiger partial charge in [-0.25, -0.2) is 0 Å². The van der Waals surface area contributed by atoms with E-state index in [0.29, 0.717) is 6.04 Å². The van der Waals surface area contributed by atoms with Gasteiger partial charge in [-0.2, -0.15) is 0 Å². The number of hydrogen-bond donors (Lipinski definition) is 1. The monoisotopic (exact) mass is 309 g/mol. The van der Waals surface area contributed by atoms with Crippen molar-refractivity contribution in [1.82, 2.24) is 14.9 Å². The molecule has 0 amide bonds. The molecule has 0 radical (unpaired) electrons. The zero-order valence-electron chi connectivity index (χ0n) is 12.3. The van der Waals surface area contributed by atoms with Crippen LogP contribution in [0.25, 0.3) is 0 Å². The SMILES string of the molecule is CCCNC(CCc1cccs1)c1snnc1CCC. The number of aryl methyl sites for hydroxylation is 2. The molecule has 0 saturated carbocycles. The molecule has 1 atom stereocenters. The molecule has 0 bridgehead atoms. The van der Waals surface area contributed by atoms with E-state index in [-0.39, 0.29) is 0 Å². The second kappa shape index (κ2) is 8.49. The summed E-state index contributed by atoms with van der Waals surface area (Å²) >= 11 is 3.41. The molecule has 0 spiro atoms. The highest BCUT2D eigenvalue weighted by Crippen LogP contribution is 2.26. The van der Waals surface area contributed by atoms with Crippen LogP contribution in [0.3, 0.4) is 0 Å². The number of nitrogens with one attached hydrogen (secondary N) is 1. The molecule has 0 aliphatic rings. The summed E-state index contributed by atoms with van der Waals surface area (Å²) in [7, 11) is 0. The highest BCUT2D eigenvalue weighted by Gasteiger charge is 2.18. The lowest BCUT2D eigenvalue weighted by molar-refractivity contribution is 0.503. The molecule has 0 fully saturated rings. The molecular weight excluding hydrogens is 286 g/mol. The second-order valence-electron chi connectivity index (χ2n) is 4.96. The molecule has 110 valence electrons. The van der Waals surface area contributed by atoms with E-state index in [0.717, 1.165) is 38.6 Å². The summed E-state index contributed by atoms with van der Waals surface area (Å²) in [6.45, 7) is 5.46. The Labute approximate surface area is 129 Å². The van der Waals surface area contributed by atoms with Gasteiger partial charge in [0.25, 0.3) is 0 Å². The van der Waals surface area contributed by atoms with Crippen molar-refractivity contribution in [1.29, 1.82) is 0 Å². The Morgan fingerprint density at radius 3 is 2.85 bits per heavy atom. The fraction of sp³-hybridized carbons (Fsp3) is 0.600. The number of nitrogens with zero attached hydrogens (tertiary/aromatic N) is 2. The summed E-state index contributed by atoms with van der Waals surface area (Å²) in [5.74, 6) is 0. The molecule has 5 heteroatoms. The van der Waals surface area contributed by atoms with Gasteiger partial charge >= 0.3 is 0 Å². The Morgan fingerprint density at radius 2 is 2.15 bits per heavy atom. The van der Waals surface area contributed by atoms with Crippen molar-refractivity contribution in [2.45, 2.75) is 52.0 Å². The molecule has 2 aromatic heterocycles. The fourth-order valence-corrected chi connectivity index (χ4v) is 3.81. The Balaban J connectivity index is 2.03. The summed E-state index contributed by atoms with van der Waals surface area (Å²) in [6.07, 6.45) is 5.58. The first kappa shape index (κ1) is 15.6. The van der Waals surface area contributed by atoms with Crippen molar-refractivity contribution in [3.8, 4) is 0 Å². The maximum atomic E-state index is 4.31. The molecule has 3 nitrogen and oxygen atoms in total. The van der Waals surface area contributed by atoms with E-state index in [1.54, 1.807) is 11.5 Å². The third kappa shape index (κ3) is 4.36. The van der Waals surface area contributed by atoms with E-state index >= 15 is 0 Å². The summed E-state index contributed by atoms with van der Waals surface area (Å²) < 4.78 is 4.17. The Bertz CT molecular complexity index is 479. The van der Waals surface area contributed by atoms with E-state index in [1.807, 2.05) is 11.3 Å². The van der Waals surface area contributed by atoms with Gasteiger partial charge in [0.1, 0.15) is 0 Å². The average molecular weight is 310 g/mol. The third-order valence-electron chi connectivity index (χ3n) is 3.29. The van der Waals surface area contributed by atoms with E-state index in [9.17, 15) is 0 Å². The van der Waals surface area contributed by atoms with Crippen LogP contribution < -0.4 is 5.32 Å². The Kier molecular flexibility index (Phi) is 6.63. The van der Waals surface area contributed by atoms with E-state index < -0.39 is 0 Å². The number of thiophene rings is 1. The minimum absolute atomic E-state index is 0.401. The van der Waals surface area contributed by atoms with Crippen LogP contribution in [-0.2, 0) is 12.8 Å². The van der Waals surface area contributed by atoms with Gasteiger partial charge in [0.2, 0.25) is 0 Å². The van der Waals surface area contributed by atoms with Gasteiger partial charge in [0.15, 0.2) is 0 Å². The van der Waals surface area contributed by atoms with Gasteiger partial charge < -0.3 is 5.32 Å². The van der Waals surface area contributed by atoms with Gasteiger partial charge in [-0.05, 0) is 55.2 Å². The average Bonchev–Trinajstić information content (AvgIpc) is 3.11. The van der Waals surface area contributed by atoms with Crippen LogP contribution >= 0.6 is 22.9 Å². The standard InChI is InChI=1S/C15H23N3S2/c1-3-6-14-15(20-18-17-14)13(16-10-4-2)9-8-12-7-5-11-19-12/h5,7,11,13,16H,3-4,6,8-10H2,1-2H3. The Hall–Kier alpha value is -0.780. The fourth-order valence-electron chi connectivity index (χ4n) is 2.28. The summed E-state index contributed by atoms with van der Waals surface area (Å²) in [5, 5.41) is 10.1. The molecule has 0 aliphatic carbocycles. The zero-order valence-corrected chi connectivity index (χ0v) is 13.9. The summed E-state index contributed by atoms with van der Waals surface area (Å²) in [6, 6.07) is 4.75. The van der Waals surface area contributed by atoms with Crippen LogP contribution in [0.4, 0.5) is 0 Å². The predicted molar refractivity (Wildman–Crippen MR) is 87.6 cm³/mol. The van der Waals surface area contributed by atoms with Crippen LogP contribution in [-0.4, -0.2) is 16.1 Å². The van der Waals surface area contributed by atoms with Crippen molar-refractivity contribution in [2.75, 3.05) is 6.54 Å². The maximum Gasteiger partial charge on any atom is 0.0803 e. The van der Waals surface area contributed by atoms with Gasteiger partial charge in [0, 0.05) is 10.9 Å². The molecule has 0 aromatic carbocycles. The number of aromatic nitrogens is 2. The molecule has 20 heavy (non-hydrogen) atoms. The van der Waals surface area contributed by atoms with Crippen LogP contribution in [0.2, 0.25) is 0 Å². The van der Waals surface area contributed by atoms with Gasteiger partial charge in [-0.15, -0.1) is 16.4 Å². The lowest BCUT2D eigenvalue weighted by atomic mass is 10.1. The molecule has 0 aliphatic heterocycles. The van der Waals surface area contributed by atoms with Gasteiger partial charge in [-0.1, -0.05) is 30.8 Å². The number of rotatable bonds is 9. The van der Waals surface area contributed by atoms with Crippen molar-refractivity contribution >= 4 is 22.9 Å². The largest absolute Gasteiger partial charge is 0.309 e. The van der Waals surface area contributed by atoms with E-state index in [1.165, 1.54) is 15.4 Å². The molecule has 2 heterocycles. The van der Waals surface area contributed by atoms with Crippen LogP contribution in [0, 0.1) is 0 Å². The van der Waals surface area contributed by atoms with Crippen LogP contribution in [0.1, 0.15) is 54.6 Å². The third-order valence-corrected chi connectivity index (χ3v) is 5.10. The van der Waals surface area contributed by atoms with Crippen molar-refractivity contribution < 1.29 is 0 Å². The lowest BCUT2D eigenvalue weighted by Gasteiger charge is -2.17. The smallest absolute Gasteiger partial charge is 0.0803 e. The molecule has 1 N–H and O–H groups in total. The summed E-state index contributed by atoms with van der Waals surface area (Å²) in [4.78, 5) is 2.81. The zero-order chi connectivity index (χ0) is 14.2. The first-order valence-electron chi connectivity index (χ1n) is 7.42. The van der Waals surface area contributed by atoms with Crippen molar-refractivity contribution in [2.24, 2.45) is 0 Å². The highest BCUT2D eigenvalue weighted by molar-refractivity contribution is 7.09. The predicted octanol–water partition coefficient (Wildman–Crippen LogP) is 4.23. The van der Waals surface area contributed by atoms with Crippen molar-refractivity contribution in [3.05, 3.63) is 33.0 Å². The molecular formula is C15H23N3S2. The second-order valence-corrected chi connectivity index (χ2v) is 6.78. The highest BCUT2D eigenvalue weighted by atomic mass is 32.1. The molecule has 2 rings (SSSR count). The van der Waals surface area contributed by atoms with Crippen LogP contribution in [0.5, 0.6) is 0 Å². The lowest BCUT2D eigenvalue weighted by Crippen LogP contribution is -2.23.